The number of nitro groups is 1. The Labute approximate surface area is 199 Å². The molecule has 0 saturated carbocycles. The van der Waals surface area contributed by atoms with Crippen LogP contribution < -0.4 is 15.4 Å². The first kappa shape index (κ1) is 25.2. The highest BCUT2D eigenvalue weighted by Crippen LogP contribution is 2.42. The summed E-state index contributed by atoms with van der Waals surface area (Å²) in [5.74, 6) is -4.23. The van der Waals surface area contributed by atoms with E-state index < -0.39 is 51.3 Å². The highest BCUT2D eigenvalue weighted by molar-refractivity contribution is 6.32. The van der Waals surface area contributed by atoms with E-state index in [0.717, 1.165) is 12.3 Å². The minimum atomic E-state index is -1.36. The molecule has 0 spiro atoms. The van der Waals surface area contributed by atoms with Gasteiger partial charge in [-0.05, 0) is 39.8 Å². The number of ether oxygens (including phenoxy) is 2. The van der Waals surface area contributed by atoms with Crippen LogP contribution in [0.1, 0.15) is 27.7 Å². The maximum atomic E-state index is 15.0. The number of aromatic nitrogens is 1. The Hall–Kier alpha value is -3.41. The lowest BCUT2D eigenvalue weighted by Gasteiger charge is -2.41. The van der Waals surface area contributed by atoms with Crippen molar-refractivity contribution in [3.05, 3.63) is 45.1 Å². The lowest BCUT2D eigenvalue weighted by atomic mass is 10.1. The van der Waals surface area contributed by atoms with Gasteiger partial charge in [0.2, 0.25) is 17.4 Å². The number of nitrogen functional groups attached to an aromatic ring is 1. The summed E-state index contributed by atoms with van der Waals surface area (Å²) in [4.78, 5) is 29.5. The number of anilines is 2. The molecule has 2 aromatic rings. The molecule has 0 bridgehead atoms. The second-order valence-electron chi connectivity index (χ2n) is 8.71. The van der Waals surface area contributed by atoms with Crippen LogP contribution in [0, 0.1) is 21.7 Å². The first-order valence-electron chi connectivity index (χ1n) is 10.3. The van der Waals surface area contributed by atoms with Crippen molar-refractivity contribution in [2.45, 2.75) is 39.3 Å². The molecule has 3 rings (SSSR count). The van der Waals surface area contributed by atoms with E-state index in [-0.39, 0.29) is 36.4 Å². The Morgan fingerprint density at radius 3 is 2.56 bits per heavy atom. The molecule has 1 aliphatic heterocycles. The number of rotatable bonds is 4. The molecule has 184 valence electrons. The molecule has 34 heavy (non-hydrogen) atoms. The molecule has 0 aliphatic carbocycles. The number of carbonyl (C=O) groups is 1. The zero-order valence-corrected chi connectivity index (χ0v) is 19.7. The number of nitrogens with zero attached hydrogens (tertiary/aromatic N) is 4. The van der Waals surface area contributed by atoms with E-state index in [1.165, 1.54) is 11.0 Å². The van der Waals surface area contributed by atoms with Crippen LogP contribution in [-0.4, -0.2) is 52.2 Å². The molecule has 2 N–H and O–H groups in total. The molecule has 1 fully saturated rings. The summed E-state index contributed by atoms with van der Waals surface area (Å²) >= 11 is 5.92. The minimum Gasteiger partial charge on any atom is -0.445 e. The van der Waals surface area contributed by atoms with E-state index in [1.807, 2.05) is 0 Å². The minimum absolute atomic E-state index is 0.0453. The zero-order chi connectivity index (χ0) is 25.4. The maximum absolute atomic E-state index is 15.0. The van der Waals surface area contributed by atoms with Crippen LogP contribution in [0.15, 0.2) is 18.3 Å². The van der Waals surface area contributed by atoms with Crippen LogP contribution in [0.3, 0.4) is 0 Å². The number of carbonyl (C=O) groups excluding carboxylic acids is 1. The summed E-state index contributed by atoms with van der Waals surface area (Å²) in [6, 6.07) is 2.08. The summed E-state index contributed by atoms with van der Waals surface area (Å²) in [6.45, 7) is 7.76. The maximum Gasteiger partial charge on any atom is 0.410 e. The highest BCUT2D eigenvalue weighted by atomic mass is 35.5. The van der Waals surface area contributed by atoms with Gasteiger partial charge in [0.1, 0.15) is 10.6 Å². The highest BCUT2D eigenvalue weighted by Gasteiger charge is 2.33. The van der Waals surface area contributed by atoms with Crippen LogP contribution in [0.5, 0.6) is 11.5 Å². The first-order valence-corrected chi connectivity index (χ1v) is 10.7. The van der Waals surface area contributed by atoms with Crippen molar-refractivity contribution < 1.29 is 28.0 Å². The summed E-state index contributed by atoms with van der Waals surface area (Å²) in [5, 5.41) is 11.0. The molecule has 1 aromatic heterocycles. The van der Waals surface area contributed by atoms with E-state index in [9.17, 15) is 19.3 Å². The van der Waals surface area contributed by atoms with Crippen LogP contribution in [0.25, 0.3) is 0 Å². The average molecular weight is 500 g/mol. The Morgan fingerprint density at radius 1 is 1.29 bits per heavy atom. The predicted octanol–water partition coefficient (Wildman–Crippen LogP) is 4.74. The number of amides is 1. The Morgan fingerprint density at radius 2 is 1.97 bits per heavy atom. The second kappa shape index (κ2) is 9.45. The number of hydrogen-bond acceptors (Lipinski definition) is 8. The second-order valence-corrected chi connectivity index (χ2v) is 9.12. The van der Waals surface area contributed by atoms with Crippen LogP contribution in [-0.2, 0) is 4.74 Å². The molecule has 2 heterocycles. The molecule has 1 aliphatic rings. The van der Waals surface area contributed by atoms with Crippen molar-refractivity contribution >= 4 is 34.9 Å². The number of nitrogens with two attached hydrogens (primary N) is 1. The third-order valence-electron chi connectivity index (χ3n) is 5.00. The number of halogens is 3. The lowest BCUT2D eigenvalue weighted by molar-refractivity contribution is -0.384. The topological polar surface area (TPSA) is 124 Å². The van der Waals surface area contributed by atoms with Crippen molar-refractivity contribution in [1.29, 1.82) is 0 Å². The fourth-order valence-corrected chi connectivity index (χ4v) is 3.67. The van der Waals surface area contributed by atoms with Gasteiger partial charge in [-0.3, -0.25) is 10.1 Å². The van der Waals surface area contributed by atoms with Crippen molar-refractivity contribution in [2.75, 3.05) is 30.3 Å². The van der Waals surface area contributed by atoms with E-state index in [2.05, 4.69) is 4.98 Å². The standard InChI is InChI=1S/C21H24ClF2N5O5/c1-11-10-27(20(30)34-21(2,3)4)7-8-28(11)13-5-6-14(16(24)15(13)23)33-18-12(22)9-26-19(25)17(18)29(31)32/h5-6,9,11H,7-8,10H2,1-4H3,(H2,25,26)/t11-/m0/s1. The Kier molecular flexibility index (Phi) is 7.01. The molecule has 1 saturated heterocycles. The fraction of sp³-hybridized carbons (Fsp3) is 0.429. The smallest absolute Gasteiger partial charge is 0.410 e. The van der Waals surface area contributed by atoms with Gasteiger partial charge >= 0.3 is 11.8 Å². The molecule has 13 heteroatoms. The van der Waals surface area contributed by atoms with Gasteiger partial charge in [0.25, 0.3) is 0 Å². The molecule has 1 atom stereocenters. The van der Waals surface area contributed by atoms with Gasteiger partial charge in [0, 0.05) is 25.7 Å². The number of hydrogen-bond donors (Lipinski definition) is 1. The molecule has 1 aromatic carbocycles. The monoisotopic (exact) mass is 499 g/mol. The zero-order valence-electron chi connectivity index (χ0n) is 19.0. The number of benzene rings is 1. The Bertz CT molecular complexity index is 1130. The molecular formula is C21H24ClF2N5O5. The van der Waals surface area contributed by atoms with Gasteiger partial charge in [0.15, 0.2) is 11.6 Å². The molecule has 10 nitrogen and oxygen atoms in total. The van der Waals surface area contributed by atoms with E-state index in [1.54, 1.807) is 32.6 Å². The quantitative estimate of drug-likeness (QED) is 0.472. The van der Waals surface area contributed by atoms with Gasteiger partial charge in [-0.2, -0.15) is 4.39 Å². The summed E-state index contributed by atoms with van der Waals surface area (Å²) in [6.07, 6.45) is 0.526. The van der Waals surface area contributed by atoms with Gasteiger partial charge in [-0.25, -0.2) is 14.2 Å². The number of piperazine rings is 1. The lowest BCUT2D eigenvalue weighted by Crippen LogP contribution is -2.54. The van der Waals surface area contributed by atoms with Crippen molar-refractivity contribution in [3.8, 4) is 11.5 Å². The van der Waals surface area contributed by atoms with Crippen molar-refractivity contribution in [2.24, 2.45) is 0 Å². The van der Waals surface area contributed by atoms with E-state index >= 15 is 4.39 Å². The third kappa shape index (κ3) is 5.22. The fourth-order valence-electron chi connectivity index (χ4n) is 3.49. The van der Waals surface area contributed by atoms with Gasteiger partial charge in [-0.15, -0.1) is 0 Å². The summed E-state index contributed by atoms with van der Waals surface area (Å²) < 4.78 is 40.6. The van der Waals surface area contributed by atoms with Crippen molar-refractivity contribution in [1.82, 2.24) is 9.88 Å². The molecular weight excluding hydrogens is 476 g/mol. The first-order chi connectivity index (χ1) is 15.8. The SMILES string of the molecule is C[C@H]1CN(C(=O)OC(C)(C)C)CCN1c1ccc(Oc2c(Cl)cnc(N)c2[N+](=O)[O-])c(F)c1F. The van der Waals surface area contributed by atoms with Gasteiger partial charge in [-0.1, -0.05) is 11.6 Å². The third-order valence-corrected chi connectivity index (χ3v) is 5.27. The van der Waals surface area contributed by atoms with Crippen LogP contribution >= 0.6 is 11.6 Å². The molecule has 0 radical (unpaired) electrons. The largest absolute Gasteiger partial charge is 0.445 e. The van der Waals surface area contributed by atoms with E-state index in [4.69, 9.17) is 26.8 Å². The van der Waals surface area contributed by atoms with Crippen LogP contribution in [0.4, 0.5) is 30.8 Å². The predicted molar refractivity (Wildman–Crippen MR) is 121 cm³/mol. The van der Waals surface area contributed by atoms with E-state index in [0.29, 0.717) is 0 Å². The van der Waals surface area contributed by atoms with Crippen molar-refractivity contribution in [3.63, 3.8) is 0 Å². The summed E-state index contributed by atoms with van der Waals surface area (Å²) in [7, 11) is 0. The summed E-state index contributed by atoms with van der Waals surface area (Å²) in [5.41, 5.74) is 4.05. The van der Waals surface area contributed by atoms with Gasteiger partial charge in [0.05, 0.1) is 16.8 Å². The van der Waals surface area contributed by atoms with Crippen LogP contribution in [0.2, 0.25) is 5.02 Å². The number of pyridine rings is 1. The molecule has 1 amide bonds. The Balaban J connectivity index is 1.83. The normalized spacial score (nSPS) is 16.4. The average Bonchev–Trinajstić information content (AvgIpc) is 2.73. The molecule has 0 unspecified atom stereocenters. The van der Waals surface area contributed by atoms with Gasteiger partial charge < -0.3 is 25.0 Å².